The highest BCUT2D eigenvalue weighted by atomic mass is 16.5. The first kappa shape index (κ1) is 16.3. The van der Waals surface area contributed by atoms with Crippen molar-refractivity contribution >= 4 is 17.7 Å². The standard InChI is InChI=1S/C16H23N3O3/c1-12-5-4-6-14(11-12)17-16(21)19-9-7-18(8-10-19)13(2)15(20)22-3/h4-6,11,13H,7-10H2,1-3H3,(H,17,21)/t13-/m1/s1. The maximum Gasteiger partial charge on any atom is 0.322 e. The SMILES string of the molecule is COC(=O)[C@@H](C)N1CCN(C(=O)Nc2cccc(C)c2)CC1. The van der Waals surface area contributed by atoms with Crippen LogP contribution in [0.5, 0.6) is 0 Å². The number of hydrogen-bond donors (Lipinski definition) is 1. The minimum atomic E-state index is -0.271. The number of ether oxygens (including phenoxy) is 1. The van der Waals surface area contributed by atoms with Crippen LogP contribution >= 0.6 is 0 Å². The zero-order valence-corrected chi connectivity index (χ0v) is 13.3. The van der Waals surface area contributed by atoms with Gasteiger partial charge in [-0.3, -0.25) is 9.69 Å². The third-order valence-electron chi connectivity index (χ3n) is 3.96. The van der Waals surface area contributed by atoms with E-state index in [2.05, 4.69) is 5.32 Å². The van der Waals surface area contributed by atoms with E-state index < -0.39 is 0 Å². The zero-order valence-electron chi connectivity index (χ0n) is 13.3. The molecule has 22 heavy (non-hydrogen) atoms. The van der Waals surface area contributed by atoms with Gasteiger partial charge in [0.15, 0.2) is 0 Å². The number of methoxy groups -OCH3 is 1. The van der Waals surface area contributed by atoms with Crippen molar-refractivity contribution in [1.82, 2.24) is 9.80 Å². The summed E-state index contributed by atoms with van der Waals surface area (Å²) in [6, 6.07) is 7.35. The van der Waals surface area contributed by atoms with Gasteiger partial charge in [-0.25, -0.2) is 4.79 Å². The summed E-state index contributed by atoms with van der Waals surface area (Å²) in [5.74, 6) is -0.238. The topological polar surface area (TPSA) is 61.9 Å². The van der Waals surface area contributed by atoms with Crippen molar-refractivity contribution in [3.8, 4) is 0 Å². The van der Waals surface area contributed by atoms with E-state index in [0.29, 0.717) is 26.2 Å². The number of urea groups is 1. The van der Waals surface area contributed by atoms with Gasteiger partial charge in [-0.1, -0.05) is 12.1 Å². The molecule has 1 saturated heterocycles. The number of amides is 2. The summed E-state index contributed by atoms with van der Waals surface area (Å²) in [5, 5.41) is 2.91. The molecule has 1 aromatic rings. The maximum atomic E-state index is 12.3. The van der Waals surface area contributed by atoms with Crippen molar-refractivity contribution in [3.63, 3.8) is 0 Å². The number of carbonyl (C=O) groups is 2. The highest BCUT2D eigenvalue weighted by molar-refractivity contribution is 5.89. The minimum absolute atomic E-state index is 0.101. The van der Waals surface area contributed by atoms with Crippen LogP contribution in [0.1, 0.15) is 12.5 Å². The van der Waals surface area contributed by atoms with Crippen LogP contribution in [-0.2, 0) is 9.53 Å². The first-order valence-corrected chi connectivity index (χ1v) is 7.45. The molecule has 1 heterocycles. The van der Waals surface area contributed by atoms with Crippen LogP contribution in [0.25, 0.3) is 0 Å². The normalized spacial score (nSPS) is 17.0. The van der Waals surface area contributed by atoms with Gasteiger partial charge in [0.2, 0.25) is 0 Å². The van der Waals surface area contributed by atoms with Gasteiger partial charge in [-0.2, -0.15) is 0 Å². The average Bonchev–Trinajstić information content (AvgIpc) is 2.53. The second-order valence-corrected chi connectivity index (χ2v) is 5.52. The number of benzene rings is 1. The van der Waals surface area contributed by atoms with Gasteiger partial charge in [-0.15, -0.1) is 0 Å². The fourth-order valence-corrected chi connectivity index (χ4v) is 2.56. The number of esters is 1. The van der Waals surface area contributed by atoms with Crippen molar-refractivity contribution in [2.45, 2.75) is 19.9 Å². The van der Waals surface area contributed by atoms with Crippen LogP contribution in [0.15, 0.2) is 24.3 Å². The molecule has 6 nitrogen and oxygen atoms in total. The van der Waals surface area contributed by atoms with Gasteiger partial charge >= 0.3 is 12.0 Å². The molecule has 0 aromatic heterocycles. The Labute approximate surface area is 131 Å². The molecule has 0 unspecified atom stereocenters. The quantitative estimate of drug-likeness (QED) is 0.864. The van der Waals surface area contributed by atoms with Crippen LogP contribution in [0, 0.1) is 6.92 Å². The largest absolute Gasteiger partial charge is 0.468 e. The number of anilines is 1. The van der Waals surface area contributed by atoms with E-state index in [4.69, 9.17) is 4.74 Å². The van der Waals surface area contributed by atoms with Gasteiger partial charge < -0.3 is 15.0 Å². The maximum absolute atomic E-state index is 12.3. The highest BCUT2D eigenvalue weighted by Gasteiger charge is 2.27. The van der Waals surface area contributed by atoms with Crippen LogP contribution in [0.3, 0.4) is 0 Å². The number of nitrogens with zero attached hydrogens (tertiary/aromatic N) is 2. The molecule has 0 saturated carbocycles. The van der Waals surface area contributed by atoms with Crippen LogP contribution < -0.4 is 5.32 Å². The number of nitrogens with one attached hydrogen (secondary N) is 1. The first-order valence-electron chi connectivity index (χ1n) is 7.45. The first-order chi connectivity index (χ1) is 10.5. The lowest BCUT2D eigenvalue weighted by molar-refractivity contribution is -0.146. The van der Waals surface area contributed by atoms with E-state index in [1.54, 1.807) is 4.90 Å². The van der Waals surface area contributed by atoms with Crippen molar-refractivity contribution in [2.24, 2.45) is 0 Å². The van der Waals surface area contributed by atoms with Gasteiger partial charge in [0.05, 0.1) is 7.11 Å². The van der Waals surface area contributed by atoms with Crippen LogP contribution in [0.2, 0.25) is 0 Å². The van der Waals surface area contributed by atoms with E-state index >= 15 is 0 Å². The second kappa shape index (κ2) is 7.26. The van der Waals surface area contributed by atoms with E-state index in [-0.39, 0.29) is 18.0 Å². The van der Waals surface area contributed by atoms with E-state index in [1.165, 1.54) is 7.11 Å². The predicted octanol–water partition coefficient (Wildman–Crippen LogP) is 1.71. The minimum Gasteiger partial charge on any atom is -0.468 e. The third kappa shape index (κ3) is 3.98. The van der Waals surface area contributed by atoms with E-state index in [1.807, 2.05) is 43.0 Å². The van der Waals surface area contributed by atoms with Gasteiger partial charge in [0, 0.05) is 31.9 Å². The predicted molar refractivity (Wildman–Crippen MR) is 84.8 cm³/mol. The monoisotopic (exact) mass is 305 g/mol. The Morgan fingerprint density at radius 2 is 1.91 bits per heavy atom. The molecular formula is C16H23N3O3. The molecule has 0 spiro atoms. The van der Waals surface area contributed by atoms with E-state index in [9.17, 15) is 9.59 Å². The molecule has 120 valence electrons. The third-order valence-corrected chi connectivity index (χ3v) is 3.96. The molecule has 1 atom stereocenters. The average molecular weight is 305 g/mol. The fraction of sp³-hybridized carbons (Fsp3) is 0.500. The van der Waals surface area contributed by atoms with Crippen LogP contribution in [0.4, 0.5) is 10.5 Å². The van der Waals surface area contributed by atoms with Gasteiger partial charge in [0.1, 0.15) is 6.04 Å². The number of rotatable bonds is 3. The fourth-order valence-electron chi connectivity index (χ4n) is 2.56. The molecule has 2 rings (SSSR count). The number of hydrogen-bond acceptors (Lipinski definition) is 4. The Kier molecular flexibility index (Phi) is 5.38. The van der Waals surface area contributed by atoms with Crippen molar-refractivity contribution < 1.29 is 14.3 Å². The molecule has 0 aliphatic carbocycles. The van der Waals surface area contributed by atoms with Gasteiger partial charge in [-0.05, 0) is 31.5 Å². The molecule has 1 aromatic carbocycles. The molecule has 0 bridgehead atoms. The molecule has 0 radical (unpaired) electrons. The molecule has 1 N–H and O–H groups in total. The number of piperazine rings is 1. The summed E-state index contributed by atoms with van der Waals surface area (Å²) < 4.78 is 4.76. The zero-order chi connectivity index (χ0) is 16.1. The van der Waals surface area contributed by atoms with Crippen molar-refractivity contribution in [3.05, 3.63) is 29.8 Å². The molecule has 6 heteroatoms. The van der Waals surface area contributed by atoms with Crippen LogP contribution in [-0.4, -0.2) is 61.1 Å². The molecular weight excluding hydrogens is 282 g/mol. The Morgan fingerprint density at radius 1 is 1.23 bits per heavy atom. The Morgan fingerprint density at radius 3 is 2.50 bits per heavy atom. The lowest BCUT2D eigenvalue weighted by Gasteiger charge is -2.36. The summed E-state index contributed by atoms with van der Waals surface area (Å²) in [4.78, 5) is 27.6. The molecule has 1 aliphatic rings. The summed E-state index contributed by atoms with van der Waals surface area (Å²) in [6.45, 7) is 6.34. The Bertz CT molecular complexity index is 539. The Balaban J connectivity index is 1.86. The number of carbonyl (C=O) groups excluding carboxylic acids is 2. The van der Waals surface area contributed by atoms with Crippen molar-refractivity contribution in [2.75, 3.05) is 38.6 Å². The lowest BCUT2D eigenvalue weighted by Crippen LogP contribution is -2.54. The lowest BCUT2D eigenvalue weighted by atomic mass is 10.2. The summed E-state index contributed by atoms with van der Waals surface area (Å²) >= 11 is 0. The van der Waals surface area contributed by atoms with Crippen molar-refractivity contribution in [1.29, 1.82) is 0 Å². The molecule has 1 fully saturated rings. The number of aryl methyl sites for hydroxylation is 1. The smallest absolute Gasteiger partial charge is 0.322 e. The van der Waals surface area contributed by atoms with E-state index in [0.717, 1.165) is 11.3 Å². The second-order valence-electron chi connectivity index (χ2n) is 5.52. The highest BCUT2D eigenvalue weighted by Crippen LogP contribution is 2.12. The Hall–Kier alpha value is -2.08. The summed E-state index contributed by atoms with van der Waals surface area (Å²) in [7, 11) is 1.39. The summed E-state index contributed by atoms with van der Waals surface area (Å²) in [6.07, 6.45) is 0. The molecule has 1 aliphatic heterocycles. The summed E-state index contributed by atoms with van der Waals surface area (Å²) in [5.41, 5.74) is 1.91. The van der Waals surface area contributed by atoms with Gasteiger partial charge in [0.25, 0.3) is 0 Å². The molecule has 2 amide bonds.